The Balaban J connectivity index is 1.37. The van der Waals surface area contributed by atoms with Gasteiger partial charge in [0.1, 0.15) is 19.0 Å². The second kappa shape index (κ2) is 8.68. The molecule has 0 bridgehead atoms. The van der Waals surface area contributed by atoms with Crippen molar-refractivity contribution in [1.29, 1.82) is 0 Å². The van der Waals surface area contributed by atoms with E-state index in [1.165, 1.54) is 0 Å². The predicted molar refractivity (Wildman–Crippen MR) is 108 cm³/mol. The van der Waals surface area contributed by atoms with Crippen molar-refractivity contribution < 1.29 is 14.3 Å². The second-order valence-electron chi connectivity index (χ2n) is 6.75. The quantitative estimate of drug-likeness (QED) is 0.696. The van der Waals surface area contributed by atoms with E-state index in [9.17, 15) is 4.79 Å². The summed E-state index contributed by atoms with van der Waals surface area (Å²) in [5.41, 5.74) is 3.47. The number of benzene rings is 1. The Bertz CT molecular complexity index is 1010. The first-order valence-electron chi connectivity index (χ1n) is 9.58. The van der Waals surface area contributed by atoms with Crippen LogP contribution in [0.15, 0.2) is 48.8 Å². The van der Waals surface area contributed by atoms with Gasteiger partial charge in [-0.25, -0.2) is 9.97 Å². The van der Waals surface area contributed by atoms with E-state index < -0.39 is 0 Å². The molecule has 7 nitrogen and oxygen atoms in total. The Morgan fingerprint density at radius 1 is 1.10 bits per heavy atom. The van der Waals surface area contributed by atoms with Crippen molar-refractivity contribution in [2.24, 2.45) is 0 Å². The maximum atomic E-state index is 12.4. The van der Waals surface area contributed by atoms with E-state index in [1.807, 2.05) is 43.3 Å². The van der Waals surface area contributed by atoms with Crippen molar-refractivity contribution in [3.63, 3.8) is 0 Å². The number of rotatable bonds is 6. The first-order valence-corrected chi connectivity index (χ1v) is 9.58. The highest BCUT2D eigenvalue weighted by atomic mass is 16.6. The van der Waals surface area contributed by atoms with Crippen LogP contribution in [-0.4, -0.2) is 40.6 Å². The van der Waals surface area contributed by atoms with Crippen molar-refractivity contribution in [2.45, 2.75) is 19.8 Å². The molecule has 0 radical (unpaired) electrons. The van der Waals surface area contributed by atoms with Crippen LogP contribution in [0.25, 0.3) is 11.3 Å². The zero-order valence-electron chi connectivity index (χ0n) is 16.2. The van der Waals surface area contributed by atoms with Crippen LogP contribution in [0.4, 0.5) is 0 Å². The molecular weight excluding hydrogens is 368 g/mol. The van der Waals surface area contributed by atoms with Gasteiger partial charge in [0.05, 0.1) is 17.8 Å². The number of carbonyl (C=O) groups is 1. The lowest BCUT2D eigenvalue weighted by Gasteiger charge is -2.18. The summed E-state index contributed by atoms with van der Waals surface area (Å²) in [7, 11) is 0. The van der Waals surface area contributed by atoms with Crippen LogP contribution in [0.5, 0.6) is 11.5 Å². The molecule has 1 aliphatic heterocycles. The molecule has 0 spiro atoms. The average molecular weight is 390 g/mol. The Morgan fingerprint density at radius 2 is 1.97 bits per heavy atom. The van der Waals surface area contributed by atoms with Crippen molar-refractivity contribution in [2.75, 3.05) is 19.8 Å². The number of nitrogens with zero attached hydrogens (tertiary/aromatic N) is 3. The van der Waals surface area contributed by atoms with Gasteiger partial charge in [-0.05, 0) is 36.8 Å². The van der Waals surface area contributed by atoms with E-state index in [4.69, 9.17) is 9.47 Å². The van der Waals surface area contributed by atoms with E-state index >= 15 is 0 Å². The molecule has 1 aromatic carbocycles. The lowest BCUT2D eigenvalue weighted by atomic mass is 10.1. The van der Waals surface area contributed by atoms with Gasteiger partial charge in [0.2, 0.25) is 5.91 Å². The van der Waals surface area contributed by atoms with Crippen molar-refractivity contribution in [3.05, 3.63) is 65.9 Å². The van der Waals surface area contributed by atoms with E-state index in [0.29, 0.717) is 37.8 Å². The summed E-state index contributed by atoms with van der Waals surface area (Å²) in [5, 5.41) is 2.97. The van der Waals surface area contributed by atoms with Crippen molar-refractivity contribution in [3.8, 4) is 22.8 Å². The Kier molecular flexibility index (Phi) is 5.65. The molecule has 0 fully saturated rings. The molecule has 1 amide bonds. The molecule has 3 heterocycles. The van der Waals surface area contributed by atoms with Gasteiger partial charge < -0.3 is 14.8 Å². The highest BCUT2D eigenvalue weighted by Gasteiger charge is 2.14. The van der Waals surface area contributed by atoms with Gasteiger partial charge in [0.25, 0.3) is 0 Å². The number of hydrogen-bond acceptors (Lipinski definition) is 6. The largest absolute Gasteiger partial charge is 0.486 e. The topological polar surface area (TPSA) is 86.2 Å². The van der Waals surface area contributed by atoms with Gasteiger partial charge in [-0.3, -0.25) is 9.78 Å². The Labute approximate surface area is 169 Å². The molecule has 29 heavy (non-hydrogen) atoms. The van der Waals surface area contributed by atoms with Crippen LogP contribution in [-0.2, 0) is 17.6 Å². The van der Waals surface area contributed by atoms with E-state index in [0.717, 1.165) is 28.3 Å². The second-order valence-corrected chi connectivity index (χ2v) is 6.75. The number of ether oxygens (including phenoxy) is 2. The van der Waals surface area contributed by atoms with E-state index in [-0.39, 0.29) is 12.3 Å². The smallest absolute Gasteiger partial charge is 0.224 e. The lowest BCUT2D eigenvalue weighted by Crippen LogP contribution is -2.27. The zero-order valence-corrected chi connectivity index (χ0v) is 16.2. The molecule has 0 atom stereocenters. The normalized spacial score (nSPS) is 12.4. The molecular formula is C22H22N4O3. The third-order valence-electron chi connectivity index (χ3n) is 4.58. The van der Waals surface area contributed by atoms with Crippen LogP contribution in [0.2, 0.25) is 0 Å². The summed E-state index contributed by atoms with van der Waals surface area (Å²) in [6, 6.07) is 11.3. The fourth-order valence-corrected chi connectivity index (χ4v) is 3.21. The monoisotopic (exact) mass is 390 g/mol. The summed E-state index contributed by atoms with van der Waals surface area (Å²) in [4.78, 5) is 25.6. The summed E-state index contributed by atoms with van der Waals surface area (Å²) < 4.78 is 11.1. The summed E-state index contributed by atoms with van der Waals surface area (Å²) in [5.74, 6) is 2.06. The first kappa shape index (κ1) is 18.9. The number of amides is 1. The van der Waals surface area contributed by atoms with Gasteiger partial charge >= 0.3 is 0 Å². The first-order chi connectivity index (χ1) is 14.2. The molecule has 3 aromatic rings. The van der Waals surface area contributed by atoms with E-state index in [2.05, 4.69) is 20.3 Å². The number of nitrogens with one attached hydrogen (secondary N) is 1. The van der Waals surface area contributed by atoms with Crippen molar-refractivity contribution >= 4 is 5.91 Å². The maximum Gasteiger partial charge on any atom is 0.224 e. The molecule has 1 aliphatic rings. The number of pyridine rings is 1. The third kappa shape index (κ3) is 4.68. The molecule has 7 heteroatoms. The van der Waals surface area contributed by atoms with Crippen LogP contribution in [0.1, 0.15) is 17.1 Å². The van der Waals surface area contributed by atoms with Crippen molar-refractivity contribution in [1.82, 2.24) is 20.3 Å². The molecule has 0 unspecified atom stereocenters. The maximum absolute atomic E-state index is 12.4. The van der Waals surface area contributed by atoms with Gasteiger partial charge in [-0.15, -0.1) is 0 Å². The molecule has 1 N–H and O–H groups in total. The number of aryl methyl sites for hydroxylation is 1. The van der Waals surface area contributed by atoms with Crippen LogP contribution < -0.4 is 14.8 Å². The number of hydrogen-bond donors (Lipinski definition) is 1. The summed E-state index contributed by atoms with van der Waals surface area (Å²) >= 11 is 0. The Morgan fingerprint density at radius 3 is 2.79 bits per heavy atom. The lowest BCUT2D eigenvalue weighted by molar-refractivity contribution is -0.120. The minimum Gasteiger partial charge on any atom is -0.486 e. The number of fused-ring (bicyclic) bond motifs is 1. The van der Waals surface area contributed by atoms with Crippen LogP contribution in [0, 0.1) is 6.92 Å². The van der Waals surface area contributed by atoms with Gasteiger partial charge in [-0.1, -0.05) is 12.1 Å². The highest BCUT2D eigenvalue weighted by Crippen LogP contribution is 2.30. The standard InChI is InChI=1S/C22H22N4O3/c1-15-25-14-17(18-4-2-3-8-23-18)19(26-15)7-9-24-22(27)13-16-5-6-20-21(12-16)29-11-10-28-20/h2-6,8,12,14H,7,9-11,13H2,1H3,(H,24,27). The molecule has 0 saturated carbocycles. The fraction of sp³-hybridized carbons (Fsp3) is 0.273. The molecule has 4 rings (SSSR count). The van der Waals surface area contributed by atoms with Gasteiger partial charge in [0, 0.05) is 30.9 Å². The molecule has 148 valence electrons. The van der Waals surface area contributed by atoms with Gasteiger partial charge in [0.15, 0.2) is 11.5 Å². The molecule has 0 aliphatic carbocycles. The number of carbonyl (C=O) groups excluding carboxylic acids is 1. The minimum absolute atomic E-state index is 0.0492. The molecule has 2 aromatic heterocycles. The predicted octanol–water partition coefficient (Wildman–Crippen LogP) is 2.52. The highest BCUT2D eigenvalue weighted by molar-refractivity contribution is 5.78. The third-order valence-corrected chi connectivity index (χ3v) is 4.58. The molecule has 0 saturated heterocycles. The Hall–Kier alpha value is -3.48. The SMILES string of the molecule is Cc1ncc(-c2ccccn2)c(CCNC(=O)Cc2ccc3c(c2)OCCO3)n1. The van der Waals surface area contributed by atoms with Gasteiger partial charge in [-0.2, -0.15) is 0 Å². The van der Waals surface area contributed by atoms with Crippen LogP contribution >= 0.6 is 0 Å². The minimum atomic E-state index is -0.0492. The summed E-state index contributed by atoms with van der Waals surface area (Å²) in [6.45, 7) is 3.42. The fourth-order valence-electron chi connectivity index (χ4n) is 3.21. The van der Waals surface area contributed by atoms with Crippen LogP contribution in [0.3, 0.4) is 0 Å². The number of aromatic nitrogens is 3. The van der Waals surface area contributed by atoms with E-state index in [1.54, 1.807) is 12.4 Å². The average Bonchev–Trinajstić information content (AvgIpc) is 2.74. The zero-order chi connectivity index (χ0) is 20.1. The summed E-state index contributed by atoms with van der Waals surface area (Å²) in [6.07, 6.45) is 4.42.